The van der Waals surface area contributed by atoms with E-state index in [0.29, 0.717) is 5.41 Å². The number of hydrogen-bond acceptors (Lipinski definition) is 1. The fraction of sp³-hybridized carbons (Fsp3) is 1.00. The summed E-state index contributed by atoms with van der Waals surface area (Å²) in [4.78, 5) is 0. The van der Waals surface area contributed by atoms with Gasteiger partial charge in [0.25, 0.3) is 0 Å². The summed E-state index contributed by atoms with van der Waals surface area (Å²) in [6.45, 7) is 4.70. The van der Waals surface area contributed by atoms with Gasteiger partial charge >= 0.3 is 0 Å². The van der Waals surface area contributed by atoms with Crippen LogP contribution in [0.3, 0.4) is 0 Å². The molecular weight excluding hydrogens is 148 g/mol. The highest BCUT2D eigenvalue weighted by molar-refractivity contribution is 4.97. The van der Waals surface area contributed by atoms with E-state index in [1.807, 2.05) is 0 Å². The normalized spacial score (nSPS) is 36.8. The van der Waals surface area contributed by atoms with Gasteiger partial charge in [0, 0.05) is 0 Å². The molecule has 1 unspecified atom stereocenters. The van der Waals surface area contributed by atoms with Gasteiger partial charge in [0.2, 0.25) is 0 Å². The first-order chi connectivity index (χ1) is 5.49. The standard InChI is InChI=1S/C11H20O/c1-10(2)4-3-9(7-10)8-11(12)5-6-11/h9,12H,3-8H2,1-2H3. The summed E-state index contributed by atoms with van der Waals surface area (Å²) in [5.74, 6) is 0.812. The molecule has 0 heterocycles. The van der Waals surface area contributed by atoms with Crippen LogP contribution in [-0.4, -0.2) is 10.7 Å². The Bertz CT molecular complexity index is 179. The predicted molar refractivity (Wildman–Crippen MR) is 49.9 cm³/mol. The van der Waals surface area contributed by atoms with Crippen LogP contribution in [0.2, 0.25) is 0 Å². The van der Waals surface area contributed by atoms with Crippen LogP contribution in [0.25, 0.3) is 0 Å². The molecule has 2 aliphatic carbocycles. The van der Waals surface area contributed by atoms with Crippen molar-refractivity contribution >= 4 is 0 Å². The van der Waals surface area contributed by atoms with Gasteiger partial charge in [-0.1, -0.05) is 13.8 Å². The minimum absolute atomic E-state index is 0.217. The highest BCUT2D eigenvalue weighted by atomic mass is 16.3. The molecule has 2 saturated carbocycles. The van der Waals surface area contributed by atoms with Gasteiger partial charge in [-0.3, -0.25) is 0 Å². The van der Waals surface area contributed by atoms with Crippen LogP contribution in [0.15, 0.2) is 0 Å². The van der Waals surface area contributed by atoms with E-state index >= 15 is 0 Å². The molecule has 12 heavy (non-hydrogen) atoms. The quantitative estimate of drug-likeness (QED) is 0.672. The monoisotopic (exact) mass is 168 g/mol. The second-order valence-electron chi connectivity index (χ2n) is 5.70. The molecule has 0 aliphatic heterocycles. The highest BCUT2D eigenvalue weighted by Gasteiger charge is 2.44. The summed E-state index contributed by atoms with van der Waals surface area (Å²) < 4.78 is 0. The minimum atomic E-state index is -0.217. The molecule has 0 radical (unpaired) electrons. The number of aliphatic hydroxyl groups is 1. The van der Waals surface area contributed by atoms with Crippen molar-refractivity contribution in [1.82, 2.24) is 0 Å². The van der Waals surface area contributed by atoms with Crippen LogP contribution in [0, 0.1) is 11.3 Å². The zero-order valence-corrected chi connectivity index (χ0v) is 8.27. The van der Waals surface area contributed by atoms with E-state index in [1.54, 1.807) is 0 Å². The Kier molecular flexibility index (Phi) is 1.76. The molecule has 1 nitrogen and oxygen atoms in total. The maximum atomic E-state index is 9.76. The smallest absolute Gasteiger partial charge is 0.0652 e. The third kappa shape index (κ3) is 1.82. The van der Waals surface area contributed by atoms with Crippen LogP contribution >= 0.6 is 0 Å². The lowest BCUT2D eigenvalue weighted by molar-refractivity contribution is 0.116. The number of hydrogen-bond donors (Lipinski definition) is 1. The van der Waals surface area contributed by atoms with Gasteiger partial charge in [-0.2, -0.15) is 0 Å². The van der Waals surface area contributed by atoms with Gasteiger partial charge in [0.15, 0.2) is 0 Å². The van der Waals surface area contributed by atoms with E-state index in [0.717, 1.165) is 25.2 Å². The zero-order chi connectivity index (χ0) is 8.82. The lowest BCUT2D eigenvalue weighted by atomic mass is 9.89. The molecular formula is C11H20O. The second kappa shape index (κ2) is 2.47. The summed E-state index contributed by atoms with van der Waals surface area (Å²) in [5.41, 5.74) is 0.334. The molecule has 70 valence electrons. The van der Waals surface area contributed by atoms with E-state index in [4.69, 9.17) is 0 Å². The Hall–Kier alpha value is -0.0400. The summed E-state index contributed by atoms with van der Waals surface area (Å²) >= 11 is 0. The molecule has 1 atom stereocenters. The Labute approximate surface area is 75.2 Å². The molecule has 1 N–H and O–H groups in total. The molecule has 0 aromatic rings. The lowest BCUT2D eigenvalue weighted by Gasteiger charge is -2.18. The van der Waals surface area contributed by atoms with Crippen molar-refractivity contribution in [2.75, 3.05) is 0 Å². The fourth-order valence-electron chi connectivity index (χ4n) is 2.64. The molecule has 0 aromatic heterocycles. The molecule has 0 bridgehead atoms. The third-order valence-corrected chi connectivity index (χ3v) is 3.57. The van der Waals surface area contributed by atoms with E-state index < -0.39 is 0 Å². The SMILES string of the molecule is CC1(C)CCC(CC2(O)CC2)C1. The van der Waals surface area contributed by atoms with Crippen LogP contribution < -0.4 is 0 Å². The molecule has 1 heteroatoms. The molecule has 2 aliphatic rings. The first-order valence-electron chi connectivity index (χ1n) is 5.22. The van der Waals surface area contributed by atoms with E-state index in [2.05, 4.69) is 13.8 Å². The molecule has 0 saturated heterocycles. The summed E-state index contributed by atoms with van der Waals surface area (Å²) in [5, 5.41) is 9.76. The molecule has 2 fully saturated rings. The van der Waals surface area contributed by atoms with Crippen molar-refractivity contribution in [2.24, 2.45) is 11.3 Å². The second-order valence-corrected chi connectivity index (χ2v) is 5.70. The van der Waals surface area contributed by atoms with E-state index in [-0.39, 0.29) is 5.60 Å². The maximum Gasteiger partial charge on any atom is 0.0652 e. The first-order valence-corrected chi connectivity index (χ1v) is 5.22. The fourth-order valence-corrected chi connectivity index (χ4v) is 2.64. The van der Waals surface area contributed by atoms with Crippen molar-refractivity contribution in [2.45, 2.75) is 58.0 Å². The lowest BCUT2D eigenvalue weighted by Crippen LogP contribution is -2.13. The van der Waals surface area contributed by atoms with Gasteiger partial charge in [-0.15, -0.1) is 0 Å². The topological polar surface area (TPSA) is 20.2 Å². The molecule has 0 aromatic carbocycles. The van der Waals surface area contributed by atoms with E-state index in [9.17, 15) is 5.11 Å². The molecule has 2 rings (SSSR count). The summed E-state index contributed by atoms with van der Waals surface area (Å²) in [7, 11) is 0. The van der Waals surface area contributed by atoms with Crippen LogP contribution in [0.1, 0.15) is 52.4 Å². The van der Waals surface area contributed by atoms with Gasteiger partial charge in [0.05, 0.1) is 5.60 Å². The Morgan fingerprint density at radius 1 is 1.25 bits per heavy atom. The van der Waals surface area contributed by atoms with Crippen molar-refractivity contribution in [1.29, 1.82) is 0 Å². The van der Waals surface area contributed by atoms with Gasteiger partial charge in [-0.25, -0.2) is 0 Å². The van der Waals surface area contributed by atoms with Gasteiger partial charge in [0.1, 0.15) is 0 Å². The average molecular weight is 168 g/mol. The van der Waals surface area contributed by atoms with Crippen LogP contribution in [-0.2, 0) is 0 Å². The zero-order valence-electron chi connectivity index (χ0n) is 8.27. The van der Waals surface area contributed by atoms with E-state index in [1.165, 1.54) is 19.3 Å². The van der Waals surface area contributed by atoms with Crippen molar-refractivity contribution in [3.63, 3.8) is 0 Å². The predicted octanol–water partition coefficient (Wildman–Crippen LogP) is 2.73. The van der Waals surface area contributed by atoms with Crippen LogP contribution in [0.5, 0.6) is 0 Å². The maximum absolute atomic E-state index is 9.76. The van der Waals surface area contributed by atoms with Crippen molar-refractivity contribution in [3.05, 3.63) is 0 Å². The largest absolute Gasteiger partial charge is 0.390 e. The Morgan fingerprint density at radius 3 is 2.33 bits per heavy atom. The highest BCUT2D eigenvalue weighted by Crippen LogP contribution is 2.49. The van der Waals surface area contributed by atoms with Gasteiger partial charge < -0.3 is 5.11 Å². The third-order valence-electron chi connectivity index (χ3n) is 3.57. The average Bonchev–Trinajstić information content (AvgIpc) is 2.53. The van der Waals surface area contributed by atoms with Gasteiger partial charge in [-0.05, 0) is 49.9 Å². The van der Waals surface area contributed by atoms with Crippen LogP contribution in [0.4, 0.5) is 0 Å². The number of rotatable bonds is 2. The minimum Gasteiger partial charge on any atom is -0.390 e. The molecule has 0 spiro atoms. The van der Waals surface area contributed by atoms with Crippen molar-refractivity contribution in [3.8, 4) is 0 Å². The summed E-state index contributed by atoms with van der Waals surface area (Å²) in [6, 6.07) is 0. The molecule has 0 amide bonds. The van der Waals surface area contributed by atoms with Crippen molar-refractivity contribution < 1.29 is 5.11 Å². The first kappa shape index (κ1) is 8.55. The Balaban J connectivity index is 1.84. The summed E-state index contributed by atoms with van der Waals surface area (Å²) in [6.07, 6.45) is 7.22. The Morgan fingerprint density at radius 2 is 1.92 bits per heavy atom.